The second-order valence-corrected chi connectivity index (χ2v) is 8.10. The number of carbonyl (C=O) groups is 1. The predicted octanol–water partition coefficient (Wildman–Crippen LogP) is 4.43. The molecule has 3 heterocycles. The Balaban J connectivity index is 1.59. The number of benzene rings is 2. The zero-order valence-electron chi connectivity index (χ0n) is 18.8. The summed E-state index contributed by atoms with van der Waals surface area (Å²) < 4.78 is 20.8. The molecule has 0 spiro atoms. The van der Waals surface area contributed by atoms with Gasteiger partial charge in [0.05, 0.1) is 24.2 Å². The number of para-hydroxylation sites is 1. The molecule has 0 saturated heterocycles. The first-order chi connectivity index (χ1) is 16.5. The molecule has 1 amide bonds. The molecule has 0 saturated carbocycles. The van der Waals surface area contributed by atoms with Gasteiger partial charge in [-0.1, -0.05) is 25.1 Å². The zero-order valence-corrected chi connectivity index (χ0v) is 18.8. The van der Waals surface area contributed by atoms with Crippen LogP contribution < -0.4 is 10.1 Å². The van der Waals surface area contributed by atoms with Gasteiger partial charge in [-0.3, -0.25) is 4.79 Å². The summed E-state index contributed by atoms with van der Waals surface area (Å²) in [5, 5.41) is 15.8. The molecule has 0 fully saturated rings. The summed E-state index contributed by atoms with van der Waals surface area (Å²) in [7, 11) is 0. The number of amides is 1. The molecule has 1 N–H and O–H groups in total. The Labute approximate surface area is 195 Å². The van der Waals surface area contributed by atoms with Gasteiger partial charge in [0.2, 0.25) is 5.91 Å². The van der Waals surface area contributed by atoms with Crippen molar-refractivity contribution in [3.05, 3.63) is 77.4 Å². The molecule has 0 bridgehead atoms. The third-order valence-corrected chi connectivity index (χ3v) is 5.74. The molecule has 2 aromatic carbocycles. The molecule has 8 nitrogen and oxygen atoms in total. The maximum atomic E-state index is 13.3. The van der Waals surface area contributed by atoms with E-state index in [2.05, 4.69) is 32.5 Å². The summed E-state index contributed by atoms with van der Waals surface area (Å²) in [6, 6.07) is 13.8. The summed E-state index contributed by atoms with van der Waals surface area (Å²) in [4.78, 5) is 17.3. The van der Waals surface area contributed by atoms with Gasteiger partial charge in [-0.2, -0.15) is 14.9 Å². The number of hydrogen-bond acceptors (Lipinski definition) is 6. The molecule has 1 aliphatic rings. The minimum atomic E-state index is -0.334. The zero-order chi connectivity index (χ0) is 23.7. The highest BCUT2D eigenvalue weighted by atomic mass is 19.1. The fourth-order valence-corrected chi connectivity index (χ4v) is 4.21. The summed E-state index contributed by atoms with van der Waals surface area (Å²) in [5.74, 6) is 0.799. The normalized spacial score (nSPS) is 15.0. The third kappa shape index (κ3) is 4.00. The Morgan fingerprint density at radius 1 is 1.18 bits per heavy atom. The number of ether oxygens (including phenoxy) is 1. The lowest BCUT2D eigenvalue weighted by Gasteiger charge is -2.25. The van der Waals surface area contributed by atoms with Gasteiger partial charge in [0, 0.05) is 29.0 Å². The molecule has 1 atom stereocenters. The average molecular weight is 458 g/mol. The van der Waals surface area contributed by atoms with Gasteiger partial charge < -0.3 is 10.1 Å². The van der Waals surface area contributed by atoms with E-state index < -0.39 is 0 Å². The van der Waals surface area contributed by atoms with E-state index in [0.29, 0.717) is 23.7 Å². The van der Waals surface area contributed by atoms with E-state index in [-0.39, 0.29) is 30.0 Å². The van der Waals surface area contributed by atoms with Crippen molar-refractivity contribution in [3.8, 4) is 23.0 Å². The van der Waals surface area contributed by atoms with Crippen molar-refractivity contribution in [1.29, 1.82) is 0 Å². The number of aryl methyl sites for hydroxylation is 1. The Kier molecular flexibility index (Phi) is 5.75. The number of hydrogen-bond donors (Lipinski definition) is 1. The molecule has 0 radical (unpaired) electrons. The first kappa shape index (κ1) is 21.7. The Morgan fingerprint density at radius 2 is 1.97 bits per heavy atom. The van der Waals surface area contributed by atoms with E-state index >= 15 is 0 Å². The highest BCUT2D eigenvalue weighted by Crippen LogP contribution is 2.42. The Bertz CT molecular complexity index is 1350. The summed E-state index contributed by atoms with van der Waals surface area (Å²) in [6.07, 6.45) is 2.67. The number of anilines is 1. The molecule has 0 unspecified atom stereocenters. The van der Waals surface area contributed by atoms with Crippen LogP contribution in [0.5, 0.6) is 5.75 Å². The van der Waals surface area contributed by atoms with Crippen molar-refractivity contribution in [2.75, 3.05) is 11.9 Å². The number of rotatable bonds is 6. The van der Waals surface area contributed by atoms with Gasteiger partial charge in [-0.05, 0) is 43.7 Å². The molecular formula is C25H23FN6O2. The van der Waals surface area contributed by atoms with Crippen LogP contribution in [0.1, 0.15) is 42.5 Å². The van der Waals surface area contributed by atoms with E-state index in [1.807, 2.05) is 31.2 Å². The van der Waals surface area contributed by atoms with Crippen LogP contribution in [0, 0.1) is 12.7 Å². The van der Waals surface area contributed by atoms with Crippen LogP contribution in [0.25, 0.3) is 17.2 Å². The topological polar surface area (TPSA) is 94.8 Å². The molecular weight excluding hydrogens is 435 g/mol. The van der Waals surface area contributed by atoms with Crippen LogP contribution in [-0.4, -0.2) is 37.5 Å². The van der Waals surface area contributed by atoms with E-state index in [9.17, 15) is 9.18 Å². The van der Waals surface area contributed by atoms with Crippen molar-refractivity contribution in [1.82, 2.24) is 25.0 Å². The molecule has 4 aromatic rings. The SMILES string of the molecule is CCCOc1ccccc1[C@@H]1CC(=O)Nc2c1c(C)nn2-c1nncc(-c2ccc(F)cc2)n1. The predicted molar refractivity (Wildman–Crippen MR) is 124 cm³/mol. The summed E-state index contributed by atoms with van der Waals surface area (Å²) in [6.45, 7) is 4.54. The fraction of sp³-hybridized carbons (Fsp3) is 0.240. The van der Waals surface area contributed by atoms with E-state index in [1.165, 1.54) is 23.0 Å². The number of halogens is 1. The first-order valence-corrected chi connectivity index (χ1v) is 11.1. The van der Waals surface area contributed by atoms with E-state index in [4.69, 9.17) is 4.74 Å². The minimum absolute atomic E-state index is 0.133. The molecule has 34 heavy (non-hydrogen) atoms. The number of nitrogens with zero attached hydrogens (tertiary/aromatic N) is 5. The van der Waals surface area contributed by atoms with Crippen molar-refractivity contribution in [2.24, 2.45) is 0 Å². The average Bonchev–Trinajstić information content (AvgIpc) is 3.19. The number of carbonyl (C=O) groups excluding carboxylic acids is 1. The lowest BCUT2D eigenvalue weighted by molar-refractivity contribution is -0.116. The second-order valence-electron chi connectivity index (χ2n) is 8.10. The number of nitrogens with one attached hydrogen (secondary N) is 1. The largest absolute Gasteiger partial charge is 0.493 e. The van der Waals surface area contributed by atoms with E-state index in [0.717, 1.165) is 29.0 Å². The number of aromatic nitrogens is 5. The molecule has 1 aliphatic heterocycles. The van der Waals surface area contributed by atoms with Crippen molar-refractivity contribution in [3.63, 3.8) is 0 Å². The molecule has 0 aliphatic carbocycles. The highest BCUT2D eigenvalue weighted by molar-refractivity contribution is 5.95. The summed E-state index contributed by atoms with van der Waals surface area (Å²) >= 11 is 0. The van der Waals surface area contributed by atoms with Crippen LogP contribution in [-0.2, 0) is 4.79 Å². The molecule has 2 aromatic heterocycles. The van der Waals surface area contributed by atoms with Crippen LogP contribution >= 0.6 is 0 Å². The minimum Gasteiger partial charge on any atom is -0.493 e. The maximum Gasteiger partial charge on any atom is 0.272 e. The third-order valence-electron chi connectivity index (χ3n) is 5.74. The summed E-state index contributed by atoms with van der Waals surface area (Å²) in [5.41, 5.74) is 3.79. The van der Waals surface area contributed by atoms with Crippen LogP contribution in [0.3, 0.4) is 0 Å². The molecule has 5 rings (SSSR count). The lowest BCUT2D eigenvalue weighted by Crippen LogP contribution is -2.25. The Morgan fingerprint density at radius 3 is 2.76 bits per heavy atom. The second kappa shape index (κ2) is 9.01. The van der Waals surface area contributed by atoms with Gasteiger partial charge in [0.25, 0.3) is 5.95 Å². The van der Waals surface area contributed by atoms with Crippen molar-refractivity contribution in [2.45, 2.75) is 32.6 Å². The molecule has 9 heteroatoms. The van der Waals surface area contributed by atoms with Crippen molar-refractivity contribution < 1.29 is 13.9 Å². The van der Waals surface area contributed by atoms with E-state index in [1.54, 1.807) is 12.1 Å². The van der Waals surface area contributed by atoms with Gasteiger partial charge in [-0.25, -0.2) is 9.37 Å². The lowest BCUT2D eigenvalue weighted by atomic mass is 9.85. The quantitative estimate of drug-likeness (QED) is 0.459. The van der Waals surface area contributed by atoms with Gasteiger partial charge >= 0.3 is 0 Å². The van der Waals surface area contributed by atoms with Crippen molar-refractivity contribution >= 4 is 11.7 Å². The molecule has 172 valence electrons. The monoisotopic (exact) mass is 458 g/mol. The van der Waals surface area contributed by atoms with Gasteiger partial charge in [0.1, 0.15) is 17.4 Å². The van der Waals surface area contributed by atoms with Gasteiger partial charge in [0.15, 0.2) is 0 Å². The Hall–Kier alpha value is -4.14. The van der Waals surface area contributed by atoms with Gasteiger partial charge in [-0.15, -0.1) is 5.10 Å². The van der Waals surface area contributed by atoms with Crippen LogP contribution in [0.4, 0.5) is 10.2 Å². The van der Waals surface area contributed by atoms with Crippen LogP contribution in [0.2, 0.25) is 0 Å². The maximum absolute atomic E-state index is 13.3. The first-order valence-electron chi connectivity index (χ1n) is 11.1. The standard InChI is InChI=1S/C25H23FN6O2/c1-3-12-34-21-7-5-4-6-18(21)19-13-22(33)29-24-23(19)15(2)31-32(24)25-28-20(14-27-30-25)16-8-10-17(26)11-9-16/h4-11,14,19H,3,12-13H2,1-2H3,(H,29,33)/t19-/m0/s1. The highest BCUT2D eigenvalue weighted by Gasteiger charge is 2.34. The smallest absolute Gasteiger partial charge is 0.272 e. The fourth-order valence-electron chi connectivity index (χ4n) is 4.21. The van der Waals surface area contributed by atoms with Crippen LogP contribution in [0.15, 0.2) is 54.7 Å². The number of fused-ring (bicyclic) bond motifs is 1.